The average Bonchev–Trinajstić information content (AvgIpc) is 2.77. The number of likely N-dealkylation sites (N-methyl/N-ethyl adjacent to an activating group) is 1. The summed E-state index contributed by atoms with van der Waals surface area (Å²) in [6.45, 7) is 4.95. The molecule has 4 rings (SSSR count). The SMILES string of the molecule is CCN1C[C@H](C(C)c2ccccc2)n2ncc(=O)c(O)c2C1=O.Clc1ccccc1. The van der Waals surface area contributed by atoms with Crippen molar-refractivity contribution in [2.45, 2.75) is 25.8 Å². The van der Waals surface area contributed by atoms with Crippen molar-refractivity contribution in [2.75, 3.05) is 13.1 Å². The van der Waals surface area contributed by atoms with E-state index >= 15 is 0 Å². The predicted molar refractivity (Wildman–Crippen MR) is 117 cm³/mol. The van der Waals surface area contributed by atoms with Gasteiger partial charge in [-0.1, -0.05) is 67.1 Å². The Morgan fingerprint density at radius 1 is 1.10 bits per heavy atom. The van der Waals surface area contributed by atoms with Gasteiger partial charge in [-0.05, 0) is 24.6 Å². The highest BCUT2D eigenvalue weighted by atomic mass is 35.5. The van der Waals surface area contributed by atoms with Crippen molar-refractivity contribution in [1.29, 1.82) is 0 Å². The molecule has 156 valence electrons. The summed E-state index contributed by atoms with van der Waals surface area (Å²) in [5, 5.41) is 15.0. The van der Waals surface area contributed by atoms with Gasteiger partial charge in [0.15, 0.2) is 11.4 Å². The number of aromatic nitrogens is 2. The number of halogens is 1. The molecule has 1 aliphatic heterocycles. The Hall–Kier alpha value is -3.12. The van der Waals surface area contributed by atoms with Gasteiger partial charge in [-0.3, -0.25) is 14.3 Å². The van der Waals surface area contributed by atoms with Crippen LogP contribution in [0.3, 0.4) is 0 Å². The summed E-state index contributed by atoms with van der Waals surface area (Å²) in [5.41, 5.74) is 0.473. The van der Waals surface area contributed by atoms with E-state index in [1.165, 1.54) is 4.68 Å². The minimum Gasteiger partial charge on any atom is -0.502 e. The minimum absolute atomic E-state index is 0.0154. The van der Waals surface area contributed by atoms with Crippen LogP contribution in [0.1, 0.15) is 41.9 Å². The second-order valence-electron chi connectivity index (χ2n) is 7.06. The molecule has 2 heterocycles. The van der Waals surface area contributed by atoms with Crippen LogP contribution >= 0.6 is 11.6 Å². The van der Waals surface area contributed by atoms with Crippen LogP contribution in [0.15, 0.2) is 71.7 Å². The molecule has 6 nitrogen and oxygen atoms in total. The first-order valence-electron chi connectivity index (χ1n) is 9.79. The molecule has 0 radical (unpaired) electrons. The van der Waals surface area contributed by atoms with E-state index in [2.05, 4.69) is 12.0 Å². The van der Waals surface area contributed by atoms with Gasteiger partial charge in [0.1, 0.15) is 0 Å². The third kappa shape index (κ3) is 4.54. The number of hydrogen-bond donors (Lipinski definition) is 1. The third-order valence-corrected chi connectivity index (χ3v) is 5.47. The van der Waals surface area contributed by atoms with E-state index in [1.54, 1.807) is 4.90 Å². The summed E-state index contributed by atoms with van der Waals surface area (Å²) < 4.78 is 1.50. The first-order chi connectivity index (χ1) is 14.4. The van der Waals surface area contributed by atoms with Crippen LogP contribution in [0.25, 0.3) is 0 Å². The maximum atomic E-state index is 12.5. The lowest BCUT2D eigenvalue weighted by Gasteiger charge is -2.37. The topological polar surface area (TPSA) is 75.4 Å². The highest BCUT2D eigenvalue weighted by Gasteiger charge is 2.36. The van der Waals surface area contributed by atoms with Gasteiger partial charge in [-0.25, -0.2) is 0 Å². The van der Waals surface area contributed by atoms with Gasteiger partial charge in [0.25, 0.3) is 5.91 Å². The van der Waals surface area contributed by atoms with Crippen LogP contribution in [-0.4, -0.2) is 38.8 Å². The van der Waals surface area contributed by atoms with Gasteiger partial charge in [-0.15, -0.1) is 0 Å². The highest BCUT2D eigenvalue weighted by Crippen LogP contribution is 2.34. The molecule has 1 unspecified atom stereocenters. The van der Waals surface area contributed by atoms with E-state index in [0.29, 0.717) is 13.1 Å². The lowest BCUT2D eigenvalue weighted by molar-refractivity contribution is 0.0642. The van der Waals surface area contributed by atoms with E-state index in [9.17, 15) is 14.7 Å². The fourth-order valence-corrected chi connectivity index (χ4v) is 3.63. The molecule has 1 N–H and O–H groups in total. The monoisotopic (exact) mass is 425 g/mol. The van der Waals surface area contributed by atoms with Gasteiger partial charge in [0.2, 0.25) is 5.43 Å². The summed E-state index contributed by atoms with van der Waals surface area (Å²) in [6, 6.07) is 19.2. The van der Waals surface area contributed by atoms with Crippen molar-refractivity contribution >= 4 is 17.5 Å². The minimum atomic E-state index is -0.631. The van der Waals surface area contributed by atoms with Gasteiger partial charge in [0.05, 0.1) is 12.2 Å². The van der Waals surface area contributed by atoms with Crippen molar-refractivity contribution in [3.8, 4) is 5.75 Å². The molecule has 0 spiro atoms. The van der Waals surface area contributed by atoms with E-state index in [4.69, 9.17) is 11.6 Å². The van der Waals surface area contributed by atoms with Gasteiger partial charge in [-0.2, -0.15) is 5.10 Å². The third-order valence-electron chi connectivity index (χ3n) is 5.21. The Kier molecular flexibility index (Phi) is 6.90. The van der Waals surface area contributed by atoms with E-state index in [-0.39, 0.29) is 23.6 Å². The number of carbonyl (C=O) groups excluding carboxylic acids is 1. The zero-order chi connectivity index (χ0) is 21.7. The number of hydrogen-bond acceptors (Lipinski definition) is 4. The van der Waals surface area contributed by atoms with E-state index in [1.807, 2.05) is 67.6 Å². The molecule has 0 fully saturated rings. The Morgan fingerprint density at radius 2 is 1.70 bits per heavy atom. The summed E-state index contributed by atoms with van der Waals surface area (Å²) in [6.07, 6.45) is 1.07. The Morgan fingerprint density at radius 3 is 2.23 bits per heavy atom. The number of nitrogens with zero attached hydrogens (tertiary/aromatic N) is 3. The molecule has 0 saturated heterocycles. The number of aromatic hydroxyl groups is 1. The first-order valence-corrected chi connectivity index (χ1v) is 10.2. The standard InChI is InChI=1S/C17H19N3O3.C6H5Cl/c1-3-19-10-13(11(2)12-7-5-4-6-8-12)20-15(17(19)23)16(22)14(21)9-18-20;7-6-4-2-1-3-5-6/h4-9,11,13,22H,3,10H2,1-2H3;1-5H/t11?,13-;/m1./s1. The van der Waals surface area contributed by atoms with Crippen molar-refractivity contribution in [2.24, 2.45) is 0 Å². The van der Waals surface area contributed by atoms with Crippen LogP contribution in [-0.2, 0) is 0 Å². The van der Waals surface area contributed by atoms with E-state index in [0.717, 1.165) is 16.8 Å². The first kappa shape index (κ1) is 21.6. The van der Waals surface area contributed by atoms with Crippen LogP contribution < -0.4 is 5.43 Å². The van der Waals surface area contributed by atoms with Crippen LogP contribution in [0.4, 0.5) is 0 Å². The smallest absolute Gasteiger partial charge is 0.276 e. The van der Waals surface area contributed by atoms with Crippen molar-refractivity contribution < 1.29 is 9.90 Å². The predicted octanol–water partition coefficient (Wildman–Crippen LogP) is 4.11. The molecule has 2 aromatic carbocycles. The summed E-state index contributed by atoms with van der Waals surface area (Å²) in [5.74, 6) is -0.799. The molecule has 0 bridgehead atoms. The quantitative estimate of drug-likeness (QED) is 0.685. The van der Waals surface area contributed by atoms with Gasteiger partial charge in [0, 0.05) is 24.0 Å². The molecule has 1 amide bonds. The zero-order valence-corrected chi connectivity index (χ0v) is 17.7. The molecule has 3 aromatic rings. The number of rotatable bonds is 3. The Labute approximate surface area is 180 Å². The molecule has 0 saturated carbocycles. The molecule has 1 aromatic heterocycles. The van der Waals surface area contributed by atoms with E-state index < -0.39 is 11.2 Å². The second kappa shape index (κ2) is 9.59. The second-order valence-corrected chi connectivity index (χ2v) is 7.49. The Balaban J connectivity index is 0.000000310. The van der Waals surface area contributed by atoms with Crippen molar-refractivity contribution in [1.82, 2.24) is 14.7 Å². The molecule has 0 aliphatic carbocycles. The van der Waals surface area contributed by atoms with Crippen molar-refractivity contribution in [3.63, 3.8) is 0 Å². The normalized spacial score (nSPS) is 16.3. The summed E-state index contributed by atoms with van der Waals surface area (Å²) in [4.78, 5) is 25.8. The summed E-state index contributed by atoms with van der Waals surface area (Å²) in [7, 11) is 0. The highest BCUT2D eigenvalue weighted by molar-refractivity contribution is 6.30. The van der Waals surface area contributed by atoms with Gasteiger partial charge >= 0.3 is 0 Å². The van der Waals surface area contributed by atoms with Crippen molar-refractivity contribution in [3.05, 3.63) is 93.4 Å². The number of benzene rings is 2. The molecular formula is C23H24ClN3O3. The average molecular weight is 426 g/mol. The lowest BCUT2D eigenvalue weighted by Crippen LogP contribution is -2.46. The van der Waals surface area contributed by atoms with Gasteiger partial charge < -0.3 is 10.0 Å². The Bertz CT molecular complexity index is 1050. The maximum Gasteiger partial charge on any atom is 0.276 e. The number of amides is 1. The number of carbonyl (C=O) groups is 1. The molecule has 2 atom stereocenters. The largest absolute Gasteiger partial charge is 0.502 e. The van der Waals surface area contributed by atoms with Crippen LogP contribution in [0.5, 0.6) is 5.75 Å². The zero-order valence-electron chi connectivity index (χ0n) is 16.9. The molecule has 1 aliphatic rings. The summed E-state index contributed by atoms with van der Waals surface area (Å²) >= 11 is 5.54. The lowest BCUT2D eigenvalue weighted by atomic mass is 9.91. The fourth-order valence-electron chi connectivity index (χ4n) is 3.48. The van der Waals surface area contributed by atoms with Crippen LogP contribution in [0.2, 0.25) is 5.02 Å². The van der Waals surface area contributed by atoms with Crippen LogP contribution in [0, 0.1) is 0 Å². The number of fused-ring (bicyclic) bond motifs is 1. The fraction of sp³-hybridized carbons (Fsp3) is 0.261. The molecular weight excluding hydrogens is 402 g/mol. The maximum absolute atomic E-state index is 12.5. The molecule has 30 heavy (non-hydrogen) atoms. The molecule has 7 heteroatoms.